The molecule has 1 N–H and O–H groups in total. The van der Waals surface area contributed by atoms with Gasteiger partial charge in [0, 0.05) is 16.5 Å². The molecule has 0 saturated carbocycles. The standard InChI is InChI=1S/C17H13BrO3/c18-13-4-5-16-15(10-13)17(20)12(6-7-21-16)8-11-2-1-3-14(19)9-11/h1-5,8-10,19H,6-7H2/b12-8+. The molecule has 3 nitrogen and oxygen atoms in total. The number of carbonyl (C=O) groups excluding carboxylic acids is 1. The zero-order chi connectivity index (χ0) is 14.8. The third kappa shape index (κ3) is 3.00. The van der Waals surface area contributed by atoms with Gasteiger partial charge in [-0.05, 0) is 42.0 Å². The third-order valence-electron chi connectivity index (χ3n) is 3.32. The minimum atomic E-state index is -0.0351. The lowest BCUT2D eigenvalue weighted by atomic mass is 9.99. The maximum Gasteiger partial charge on any atom is 0.192 e. The minimum absolute atomic E-state index is 0.0351. The van der Waals surface area contributed by atoms with Gasteiger partial charge in [-0.3, -0.25) is 4.79 Å². The van der Waals surface area contributed by atoms with Crippen LogP contribution >= 0.6 is 15.9 Å². The number of aromatic hydroxyl groups is 1. The smallest absolute Gasteiger partial charge is 0.192 e. The number of halogens is 1. The van der Waals surface area contributed by atoms with Crippen molar-refractivity contribution in [2.24, 2.45) is 0 Å². The van der Waals surface area contributed by atoms with E-state index in [4.69, 9.17) is 4.74 Å². The Balaban J connectivity index is 2.02. The lowest BCUT2D eigenvalue weighted by Crippen LogP contribution is -2.02. The summed E-state index contributed by atoms with van der Waals surface area (Å²) in [5, 5.41) is 9.51. The number of phenolic OH excluding ortho intramolecular Hbond substituents is 1. The second-order valence-electron chi connectivity index (χ2n) is 4.83. The first-order valence-corrected chi connectivity index (χ1v) is 7.39. The SMILES string of the molecule is O=C1/C(=C/c2cccc(O)c2)CCOc2ccc(Br)cc21. The van der Waals surface area contributed by atoms with E-state index in [1.807, 2.05) is 12.1 Å². The van der Waals surface area contributed by atoms with E-state index in [0.717, 1.165) is 10.0 Å². The first-order valence-electron chi connectivity index (χ1n) is 6.60. The fourth-order valence-electron chi connectivity index (χ4n) is 2.32. The van der Waals surface area contributed by atoms with Crippen molar-refractivity contribution in [3.05, 3.63) is 63.6 Å². The van der Waals surface area contributed by atoms with Crippen molar-refractivity contribution in [2.75, 3.05) is 6.61 Å². The lowest BCUT2D eigenvalue weighted by Gasteiger charge is -2.05. The number of benzene rings is 2. The molecule has 2 aromatic carbocycles. The summed E-state index contributed by atoms with van der Waals surface area (Å²) in [4.78, 5) is 12.6. The number of carbonyl (C=O) groups is 1. The van der Waals surface area contributed by atoms with E-state index < -0.39 is 0 Å². The van der Waals surface area contributed by atoms with Gasteiger partial charge in [-0.1, -0.05) is 28.1 Å². The third-order valence-corrected chi connectivity index (χ3v) is 3.81. The molecule has 106 valence electrons. The van der Waals surface area contributed by atoms with Crippen LogP contribution in [0.15, 0.2) is 52.5 Å². The predicted octanol–water partition coefficient (Wildman–Crippen LogP) is 4.20. The molecule has 0 fully saturated rings. The van der Waals surface area contributed by atoms with E-state index in [9.17, 15) is 9.90 Å². The summed E-state index contributed by atoms with van der Waals surface area (Å²) < 4.78 is 6.48. The molecule has 0 aliphatic carbocycles. The number of hydrogen-bond acceptors (Lipinski definition) is 3. The number of hydrogen-bond donors (Lipinski definition) is 1. The highest BCUT2D eigenvalue weighted by Crippen LogP contribution is 2.30. The maximum absolute atomic E-state index is 12.6. The number of ketones is 1. The first-order chi connectivity index (χ1) is 10.1. The first kappa shape index (κ1) is 13.9. The average molecular weight is 345 g/mol. The summed E-state index contributed by atoms with van der Waals surface area (Å²) in [6, 6.07) is 12.3. The molecule has 1 heterocycles. The molecule has 0 unspecified atom stereocenters. The fraction of sp³-hybridized carbons (Fsp3) is 0.118. The lowest BCUT2D eigenvalue weighted by molar-refractivity contribution is 0.103. The zero-order valence-corrected chi connectivity index (χ0v) is 12.8. The van der Waals surface area contributed by atoms with Crippen molar-refractivity contribution in [2.45, 2.75) is 6.42 Å². The van der Waals surface area contributed by atoms with Crippen molar-refractivity contribution in [3.8, 4) is 11.5 Å². The molecule has 3 rings (SSSR count). The van der Waals surface area contributed by atoms with E-state index in [-0.39, 0.29) is 11.5 Å². The molecule has 0 spiro atoms. The van der Waals surface area contributed by atoms with Gasteiger partial charge in [0.1, 0.15) is 11.5 Å². The molecule has 0 bridgehead atoms. The molecular formula is C17H13BrO3. The van der Waals surface area contributed by atoms with Gasteiger partial charge in [-0.15, -0.1) is 0 Å². The van der Waals surface area contributed by atoms with Crippen molar-refractivity contribution in [1.82, 2.24) is 0 Å². The number of phenols is 1. The Hall–Kier alpha value is -2.07. The Morgan fingerprint density at radius 1 is 1.19 bits per heavy atom. The van der Waals surface area contributed by atoms with Crippen molar-refractivity contribution in [1.29, 1.82) is 0 Å². The molecule has 0 radical (unpaired) electrons. The minimum Gasteiger partial charge on any atom is -0.508 e. The molecular weight excluding hydrogens is 332 g/mol. The van der Waals surface area contributed by atoms with Crippen LogP contribution in [0.25, 0.3) is 6.08 Å². The van der Waals surface area contributed by atoms with E-state index >= 15 is 0 Å². The van der Waals surface area contributed by atoms with E-state index in [2.05, 4.69) is 15.9 Å². The Morgan fingerprint density at radius 2 is 2.05 bits per heavy atom. The van der Waals surface area contributed by atoms with Gasteiger partial charge < -0.3 is 9.84 Å². The van der Waals surface area contributed by atoms with E-state index in [1.165, 1.54) is 0 Å². The van der Waals surface area contributed by atoms with E-state index in [0.29, 0.717) is 29.9 Å². The van der Waals surface area contributed by atoms with Crippen LogP contribution in [0, 0.1) is 0 Å². The Labute approximate surface area is 131 Å². The summed E-state index contributed by atoms with van der Waals surface area (Å²) in [7, 11) is 0. The van der Waals surface area contributed by atoms with Gasteiger partial charge in [-0.25, -0.2) is 0 Å². The van der Waals surface area contributed by atoms with Crippen LogP contribution in [0.2, 0.25) is 0 Å². The summed E-state index contributed by atoms with van der Waals surface area (Å²) in [6.45, 7) is 0.463. The van der Waals surface area contributed by atoms with Gasteiger partial charge in [-0.2, -0.15) is 0 Å². The van der Waals surface area contributed by atoms with E-state index in [1.54, 1.807) is 36.4 Å². The van der Waals surface area contributed by atoms with Crippen LogP contribution in [0.5, 0.6) is 11.5 Å². The van der Waals surface area contributed by atoms with Crippen LogP contribution in [0.3, 0.4) is 0 Å². The molecule has 1 aliphatic heterocycles. The van der Waals surface area contributed by atoms with Crippen LogP contribution in [0.4, 0.5) is 0 Å². The summed E-state index contributed by atoms with van der Waals surface area (Å²) in [5.74, 6) is 0.763. The molecule has 0 amide bonds. The predicted molar refractivity (Wildman–Crippen MR) is 84.7 cm³/mol. The van der Waals surface area contributed by atoms with Crippen molar-refractivity contribution >= 4 is 27.8 Å². The second kappa shape index (κ2) is 5.74. The Morgan fingerprint density at radius 3 is 2.86 bits per heavy atom. The topological polar surface area (TPSA) is 46.5 Å². The fourth-order valence-corrected chi connectivity index (χ4v) is 2.68. The molecule has 21 heavy (non-hydrogen) atoms. The van der Waals surface area contributed by atoms with Crippen LogP contribution in [0.1, 0.15) is 22.3 Å². The van der Waals surface area contributed by atoms with Gasteiger partial charge in [0.05, 0.1) is 12.2 Å². The average Bonchev–Trinajstić information content (AvgIpc) is 2.60. The highest BCUT2D eigenvalue weighted by Gasteiger charge is 2.21. The van der Waals surface area contributed by atoms with Gasteiger partial charge in [0.15, 0.2) is 5.78 Å². The quantitative estimate of drug-likeness (QED) is 0.788. The van der Waals surface area contributed by atoms with Gasteiger partial charge in [0.25, 0.3) is 0 Å². The van der Waals surface area contributed by atoms with Crippen LogP contribution in [-0.2, 0) is 0 Å². The van der Waals surface area contributed by atoms with Crippen molar-refractivity contribution in [3.63, 3.8) is 0 Å². The largest absolute Gasteiger partial charge is 0.508 e. The number of ether oxygens (including phenoxy) is 1. The Bertz CT molecular complexity index is 735. The summed E-state index contributed by atoms with van der Waals surface area (Å²) in [5.41, 5.74) is 2.04. The summed E-state index contributed by atoms with van der Waals surface area (Å²) in [6.07, 6.45) is 2.35. The van der Waals surface area contributed by atoms with Gasteiger partial charge >= 0.3 is 0 Å². The number of Topliss-reactive ketones (excluding diaryl/α,β-unsaturated/α-hetero) is 1. The molecule has 1 aliphatic rings. The normalized spacial score (nSPS) is 16.2. The van der Waals surface area contributed by atoms with Gasteiger partial charge in [0.2, 0.25) is 0 Å². The number of rotatable bonds is 1. The molecule has 0 atom stereocenters. The van der Waals surface area contributed by atoms with Crippen molar-refractivity contribution < 1.29 is 14.6 Å². The Kier molecular flexibility index (Phi) is 3.80. The molecule has 2 aromatic rings. The second-order valence-corrected chi connectivity index (χ2v) is 5.75. The van der Waals surface area contributed by atoms with Crippen LogP contribution in [-0.4, -0.2) is 17.5 Å². The number of fused-ring (bicyclic) bond motifs is 1. The highest BCUT2D eigenvalue weighted by atomic mass is 79.9. The highest BCUT2D eigenvalue weighted by molar-refractivity contribution is 9.10. The van der Waals surface area contributed by atoms with Crippen LogP contribution < -0.4 is 4.74 Å². The maximum atomic E-state index is 12.6. The molecule has 0 aromatic heterocycles. The summed E-state index contributed by atoms with van der Waals surface area (Å²) >= 11 is 3.38. The monoisotopic (exact) mass is 344 g/mol. The zero-order valence-electron chi connectivity index (χ0n) is 11.2. The molecule has 4 heteroatoms. The molecule has 0 saturated heterocycles.